The molecule has 0 saturated carbocycles. The van der Waals surface area contributed by atoms with E-state index in [2.05, 4.69) is 40.4 Å². The molecule has 1 atom stereocenters. The molecule has 0 bridgehead atoms. The fourth-order valence-electron chi connectivity index (χ4n) is 2.61. The highest BCUT2D eigenvalue weighted by atomic mass is 15.3. The predicted molar refractivity (Wildman–Crippen MR) is 75.1 cm³/mol. The summed E-state index contributed by atoms with van der Waals surface area (Å²) >= 11 is 0. The number of aromatic nitrogens is 4. The molecule has 0 aromatic carbocycles. The molecular formula is C14H19N5. The average molecular weight is 257 g/mol. The topological polar surface area (TPSA) is 55.6 Å². The van der Waals surface area contributed by atoms with Crippen LogP contribution in [-0.4, -0.2) is 26.3 Å². The van der Waals surface area contributed by atoms with Crippen molar-refractivity contribution < 1.29 is 0 Å². The van der Waals surface area contributed by atoms with Gasteiger partial charge in [-0.25, -0.2) is 9.97 Å². The van der Waals surface area contributed by atoms with E-state index in [9.17, 15) is 0 Å². The summed E-state index contributed by atoms with van der Waals surface area (Å²) in [6, 6.07) is 0.437. The maximum absolute atomic E-state index is 4.47. The van der Waals surface area contributed by atoms with Crippen LogP contribution >= 0.6 is 0 Å². The highest BCUT2D eigenvalue weighted by Gasteiger charge is 2.19. The standard InChI is InChI=1S/C14H19N5/c1-3-4-10(2)19-8-11(7-18-19)13-12-5-6-15-14(12)17-9-16-13/h7-10H,3-6H2,1-2H3,(H,15,16,17)/t10-/m0/s1. The summed E-state index contributed by atoms with van der Waals surface area (Å²) in [6.45, 7) is 5.34. The first kappa shape index (κ1) is 12.1. The first-order valence-corrected chi connectivity index (χ1v) is 6.92. The molecule has 0 aliphatic carbocycles. The summed E-state index contributed by atoms with van der Waals surface area (Å²) in [5.74, 6) is 0.972. The Morgan fingerprint density at radius 2 is 2.32 bits per heavy atom. The van der Waals surface area contributed by atoms with E-state index in [1.807, 2.05) is 10.9 Å². The highest BCUT2D eigenvalue weighted by molar-refractivity contribution is 5.68. The van der Waals surface area contributed by atoms with Crippen LogP contribution in [0.4, 0.5) is 5.82 Å². The van der Waals surface area contributed by atoms with E-state index in [1.165, 1.54) is 12.0 Å². The van der Waals surface area contributed by atoms with Gasteiger partial charge in [0.15, 0.2) is 0 Å². The molecule has 1 N–H and O–H groups in total. The first-order chi connectivity index (χ1) is 9.29. The van der Waals surface area contributed by atoms with Crippen LogP contribution in [-0.2, 0) is 6.42 Å². The van der Waals surface area contributed by atoms with Gasteiger partial charge in [0.05, 0.1) is 11.9 Å². The number of hydrogen-bond donors (Lipinski definition) is 1. The van der Waals surface area contributed by atoms with Crippen molar-refractivity contribution in [2.75, 3.05) is 11.9 Å². The van der Waals surface area contributed by atoms with Crippen LogP contribution in [0.25, 0.3) is 11.3 Å². The van der Waals surface area contributed by atoms with Crippen LogP contribution in [0.5, 0.6) is 0 Å². The minimum atomic E-state index is 0.437. The Bertz CT molecular complexity index is 575. The van der Waals surface area contributed by atoms with Gasteiger partial charge in [-0.1, -0.05) is 13.3 Å². The van der Waals surface area contributed by atoms with Gasteiger partial charge in [0.2, 0.25) is 0 Å². The highest BCUT2D eigenvalue weighted by Crippen LogP contribution is 2.29. The van der Waals surface area contributed by atoms with E-state index < -0.39 is 0 Å². The van der Waals surface area contributed by atoms with Gasteiger partial charge in [-0.05, 0) is 19.8 Å². The molecular weight excluding hydrogens is 238 g/mol. The van der Waals surface area contributed by atoms with Crippen molar-refractivity contribution in [2.45, 2.75) is 39.2 Å². The molecule has 1 aliphatic heterocycles. The summed E-state index contributed by atoms with van der Waals surface area (Å²) in [4.78, 5) is 8.70. The Balaban J connectivity index is 1.93. The minimum absolute atomic E-state index is 0.437. The van der Waals surface area contributed by atoms with E-state index in [1.54, 1.807) is 6.33 Å². The SMILES string of the molecule is CCC[C@H](C)n1cc(-c2ncnc3c2CCN3)cn1. The molecule has 3 heterocycles. The van der Waals surface area contributed by atoms with Gasteiger partial charge >= 0.3 is 0 Å². The summed E-state index contributed by atoms with van der Waals surface area (Å²) in [5, 5.41) is 7.75. The molecule has 1 aliphatic rings. The largest absolute Gasteiger partial charge is 0.369 e. The fourth-order valence-corrected chi connectivity index (χ4v) is 2.61. The molecule has 0 fully saturated rings. The number of anilines is 1. The molecule has 19 heavy (non-hydrogen) atoms. The maximum atomic E-state index is 4.47. The van der Waals surface area contributed by atoms with Gasteiger partial charge in [0.1, 0.15) is 12.1 Å². The summed E-state index contributed by atoms with van der Waals surface area (Å²) < 4.78 is 2.04. The summed E-state index contributed by atoms with van der Waals surface area (Å²) in [5.41, 5.74) is 3.32. The third-order valence-electron chi connectivity index (χ3n) is 3.65. The first-order valence-electron chi connectivity index (χ1n) is 6.92. The monoisotopic (exact) mass is 257 g/mol. The number of nitrogens with one attached hydrogen (secondary N) is 1. The van der Waals surface area contributed by atoms with Crippen LogP contribution in [0.2, 0.25) is 0 Å². The Hall–Kier alpha value is -1.91. The van der Waals surface area contributed by atoms with Gasteiger partial charge in [-0.15, -0.1) is 0 Å². The van der Waals surface area contributed by atoms with Gasteiger partial charge in [-0.2, -0.15) is 5.10 Å². The second kappa shape index (κ2) is 4.99. The molecule has 0 amide bonds. The van der Waals surface area contributed by atoms with E-state index in [0.717, 1.165) is 36.5 Å². The van der Waals surface area contributed by atoms with Crippen LogP contribution in [0.1, 0.15) is 38.3 Å². The maximum Gasteiger partial charge on any atom is 0.133 e. The van der Waals surface area contributed by atoms with Crippen LogP contribution in [0.15, 0.2) is 18.7 Å². The van der Waals surface area contributed by atoms with Crippen LogP contribution in [0, 0.1) is 0 Å². The zero-order valence-corrected chi connectivity index (χ0v) is 11.4. The Labute approximate surface area is 113 Å². The smallest absolute Gasteiger partial charge is 0.133 e. The van der Waals surface area contributed by atoms with Crippen LogP contribution in [0.3, 0.4) is 0 Å². The van der Waals surface area contributed by atoms with Crippen molar-refractivity contribution in [2.24, 2.45) is 0 Å². The molecule has 100 valence electrons. The second-order valence-corrected chi connectivity index (χ2v) is 5.07. The van der Waals surface area contributed by atoms with E-state index in [4.69, 9.17) is 0 Å². The molecule has 2 aromatic heterocycles. The van der Waals surface area contributed by atoms with Crippen molar-refractivity contribution in [3.63, 3.8) is 0 Å². The summed E-state index contributed by atoms with van der Waals surface area (Å²) in [7, 11) is 0. The number of nitrogens with zero attached hydrogens (tertiary/aromatic N) is 4. The van der Waals surface area contributed by atoms with Crippen molar-refractivity contribution >= 4 is 5.82 Å². The van der Waals surface area contributed by atoms with Gasteiger partial charge in [0, 0.05) is 29.9 Å². The molecule has 2 aromatic rings. The van der Waals surface area contributed by atoms with Gasteiger partial charge in [0.25, 0.3) is 0 Å². The number of fused-ring (bicyclic) bond motifs is 1. The Morgan fingerprint density at radius 3 is 3.16 bits per heavy atom. The predicted octanol–water partition coefficient (Wildman–Crippen LogP) is 2.67. The second-order valence-electron chi connectivity index (χ2n) is 5.07. The summed E-state index contributed by atoms with van der Waals surface area (Å²) in [6.07, 6.45) is 8.93. The van der Waals surface area contributed by atoms with Crippen LogP contribution < -0.4 is 5.32 Å². The van der Waals surface area contributed by atoms with E-state index in [0.29, 0.717) is 6.04 Å². The molecule has 0 radical (unpaired) electrons. The fraction of sp³-hybridized carbons (Fsp3) is 0.500. The molecule has 0 unspecified atom stereocenters. The van der Waals surface area contributed by atoms with Crippen molar-refractivity contribution in [1.29, 1.82) is 0 Å². The third kappa shape index (κ3) is 2.20. The molecule has 3 rings (SSSR count). The third-order valence-corrected chi connectivity index (χ3v) is 3.65. The molecule has 5 heteroatoms. The van der Waals surface area contributed by atoms with Crippen molar-refractivity contribution in [3.8, 4) is 11.3 Å². The molecule has 5 nitrogen and oxygen atoms in total. The van der Waals surface area contributed by atoms with E-state index in [-0.39, 0.29) is 0 Å². The lowest BCUT2D eigenvalue weighted by atomic mass is 10.1. The Kier molecular flexibility index (Phi) is 3.19. The number of hydrogen-bond acceptors (Lipinski definition) is 4. The van der Waals surface area contributed by atoms with Crippen molar-refractivity contribution in [3.05, 3.63) is 24.3 Å². The minimum Gasteiger partial charge on any atom is -0.369 e. The zero-order chi connectivity index (χ0) is 13.2. The molecule has 0 spiro atoms. The quantitative estimate of drug-likeness (QED) is 0.915. The lowest BCUT2D eigenvalue weighted by Gasteiger charge is -2.09. The Morgan fingerprint density at radius 1 is 1.42 bits per heavy atom. The van der Waals surface area contributed by atoms with Gasteiger partial charge < -0.3 is 5.32 Å². The van der Waals surface area contributed by atoms with Crippen molar-refractivity contribution in [1.82, 2.24) is 19.7 Å². The zero-order valence-electron chi connectivity index (χ0n) is 11.4. The van der Waals surface area contributed by atoms with E-state index >= 15 is 0 Å². The number of rotatable bonds is 4. The lowest BCUT2D eigenvalue weighted by molar-refractivity contribution is 0.455. The van der Waals surface area contributed by atoms with Gasteiger partial charge in [-0.3, -0.25) is 4.68 Å². The average Bonchev–Trinajstić information content (AvgIpc) is 3.07. The normalized spacial score (nSPS) is 15.1. The molecule has 0 saturated heterocycles. The lowest BCUT2D eigenvalue weighted by Crippen LogP contribution is -2.04.